The lowest BCUT2D eigenvalue weighted by molar-refractivity contribution is 0.0695. The van der Waals surface area contributed by atoms with Gasteiger partial charge in [0.1, 0.15) is 5.56 Å². The molecular formula is C12H20N2O2. The van der Waals surface area contributed by atoms with Crippen LogP contribution in [-0.4, -0.2) is 20.9 Å². The highest BCUT2D eigenvalue weighted by Gasteiger charge is 2.16. The summed E-state index contributed by atoms with van der Waals surface area (Å²) in [6, 6.07) is 0. The number of hydrogen-bond acceptors (Lipinski definition) is 2. The van der Waals surface area contributed by atoms with Gasteiger partial charge in [-0.15, -0.1) is 0 Å². The molecule has 1 heterocycles. The summed E-state index contributed by atoms with van der Waals surface area (Å²) in [5.74, 6) is -0.880. The molecule has 0 aromatic carbocycles. The molecule has 4 heteroatoms. The third kappa shape index (κ3) is 2.84. The number of carbonyl (C=O) groups is 1. The van der Waals surface area contributed by atoms with E-state index in [-0.39, 0.29) is 0 Å². The predicted octanol–water partition coefficient (Wildman–Crippen LogP) is 2.78. The van der Waals surface area contributed by atoms with Gasteiger partial charge in [-0.25, -0.2) is 4.79 Å². The SMILES string of the molecule is CCCCCCn1nc(C)c(C(=O)O)c1C. The van der Waals surface area contributed by atoms with E-state index in [9.17, 15) is 4.79 Å². The van der Waals surface area contributed by atoms with Crippen molar-refractivity contribution in [3.05, 3.63) is 17.0 Å². The Morgan fingerprint density at radius 1 is 1.31 bits per heavy atom. The van der Waals surface area contributed by atoms with E-state index in [0.717, 1.165) is 18.7 Å². The second-order valence-corrected chi connectivity index (χ2v) is 4.13. The maximum absolute atomic E-state index is 11.0. The Kier molecular flexibility index (Phi) is 4.52. The summed E-state index contributed by atoms with van der Waals surface area (Å²) in [6.45, 7) is 6.56. The van der Waals surface area contributed by atoms with E-state index in [2.05, 4.69) is 12.0 Å². The quantitative estimate of drug-likeness (QED) is 0.756. The maximum atomic E-state index is 11.0. The normalized spacial score (nSPS) is 10.7. The Morgan fingerprint density at radius 3 is 2.50 bits per heavy atom. The molecule has 0 bridgehead atoms. The fourth-order valence-corrected chi connectivity index (χ4v) is 1.91. The molecule has 0 spiro atoms. The minimum Gasteiger partial charge on any atom is -0.478 e. The Labute approximate surface area is 96.3 Å². The number of aryl methyl sites for hydroxylation is 2. The molecular weight excluding hydrogens is 204 g/mol. The number of rotatable bonds is 6. The molecule has 90 valence electrons. The summed E-state index contributed by atoms with van der Waals surface area (Å²) in [5.41, 5.74) is 1.73. The van der Waals surface area contributed by atoms with Crippen molar-refractivity contribution >= 4 is 5.97 Å². The van der Waals surface area contributed by atoms with Crippen molar-refractivity contribution in [2.75, 3.05) is 0 Å². The molecule has 1 rings (SSSR count). The van der Waals surface area contributed by atoms with E-state index >= 15 is 0 Å². The van der Waals surface area contributed by atoms with Crippen LogP contribution in [0.3, 0.4) is 0 Å². The van der Waals surface area contributed by atoms with Crippen molar-refractivity contribution in [1.82, 2.24) is 9.78 Å². The molecule has 0 amide bonds. The summed E-state index contributed by atoms with van der Waals surface area (Å²) in [6.07, 6.45) is 4.68. The second kappa shape index (κ2) is 5.68. The largest absolute Gasteiger partial charge is 0.478 e. The number of unbranched alkanes of at least 4 members (excludes halogenated alkanes) is 3. The average molecular weight is 224 g/mol. The van der Waals surface area contributed by atoms with Crippen LogP contribution in [0.4, 0.5) is 0 Å². The lowest BCUT2D eigenvalue weighted by atomic mass is 10.2. The molecule has 1 aromatic heterocycles. The minimum absolute atomic E-state index is 0.357. The summed E-state index contributed by atoms with van der Waals surface area (Å²) in [5, 5.41) is 13.3. The first-order chi connectivity index (χ1) is 7.57. The van der Waals surface area contributed by atoms with E-state index < -0.39 is 5.97 Å². The Bertz CT molecular complexity index is 369. The zero-order valence-corrected chi connectivity index (χ0v) is 10.3. The molecule has 1 N–H and O–H groups in total. The van der Waals surface area contributed by atoms with Gasteiger partial charge in [-0.1, -0.05) is 26.2 Å². The molecule has 0 aliphatic heterocycles. The summed E-state index contributed by atoms with van der Waals surface area (Å²) < 4.78 is 1.81. The Balaban J connectivity index is 2.67. The number of nitrogens with zero attached hydrogens (tertiary/aromatic N) is 2. The van der Waals surface area contributed by atoms with E-state index in [1.807, 2.05) is 11.6 Å². The number of carboxylic acid groups (broad SMARTS) is 1. The molecule has 16 heavy (non-hydrogen) atoms. The highest BCUT2D eigenvalue weighted by Crippen LogP contribution is 2.14. The molecule has 4 nitrogen and oxygen atoms in total. The lowest BCUT2D eigenvalue weighted by Crippen LogP contribution is -2.04. The van der Waals surface area contributed by atoms with Crippen LogP contribution in [0.5, 0.6) is 0 Å². The molecule has 0 radical (unpaired) electrons. The zero-order valence-electron chi connectivity index (χ0n) is 10.3. The van der Waals surface area contributed by atoms with Gasteiger partial charge in [-0.3, -0.25) is 4.68 Å². The molecule has 0 saturated heterocycles. The summed E-state index contributed by atoms with van der Waals surface area (Å²) in [4.78, 5) is 11.0. The van der Waals surface area contributed by atoms with Crippen molar-refractivity contribution in [2.45, 2.75) is 53.0 Å². The van der Waals surface area contributed by atoms with E-state index in [0.29, 0.717) is 11.3 Å². The molecule has 0 aliphatic rings. The van der Waals surface area contributed by atoms with E-state index in [1.165, 1.54) is 19.3 Å². The number of aromatic nitrogens is 2. The second-order valence-electron chi connectivity index (χ2n) is 4.13. The molecule has 0 saturated carbocycles. The van der Waals surface area contributed by atoms with Crippen molar-refractivity contribution in [1.29, 1.82) is 0 Å². The van der Waals surface area contributed by atoms with Gasteiger partial charge in [0.25, 0.3) is 0 Å². The topological polar surface area (TPSA) is 55.1 Å². The predicted molar refractivity (Wildman–Crippen MR) is 62.8 cm³/mol. The monoisotopic (exact) mass is 224 g/mol. The maximum Gasteiger partial charge on any atom is 0.339 e. The molecule has 0 aliphatic carbocycles. The zero-order chi connectivity index (χ0) is 12.1. The van der Waals surface area contributed by atoms with Crippen LogP contribution in [0.1, 0.15) is 54.4 Å². The van der Waals surface area contributed by atoms with E-state index in [1.54, 1.807) is 6.92 Å². The van der Waals surface area contributed by atoms with Crippen LogP contribution in [0.2, 0.25) is 0 Å². The van der Waals surface area contributed by atoms with Crippen molar-refractivity contribution < 1.29 is 9.90 Å². The van der Waals surface area contributed by atoms with Crippen LogP contribution in [0, 0.1) is 13.8 Å². The first-order valence-electron chi connectivity index (χ1n) is 5.85. The van der Waals surface area contributed by atoms with Gasteiger partial charge < -0.3 is 5.11 Å². The van der Waals surface area contributed by atoms with Crippen LogP contribution in [-0.2, 0) is 6.54 Å². The molecule has 1 aromatic rings. The van der Waals surface area contributed by atoms with Crippen LogP contribution < -0.4 is 0 Å². The Morgan fingerprint density at radius 2 is 2.00 bits per heavy atom. The standard InChI is InChI=1S/C12H20N2O2/c1-4-5-6-7-8-14-10(3)11(12(15)16)9(2)13-14/h4-8H2,1-3H3,(H,15,16). The third-order valence-corrected chi connectivity index (χ3v) is 2.82. The summed E-state index contributed by atoms with van der Waals surface area (Å²) >= 11 is 0. The Hall–Kier alpha value is -1.32. The van der Waals surface area contributed by atoms with E-state index in [4.69, 9.17) is 5.11 Å². The van der Waals surface area contributed by atoms with Crippen LogP contribution in [0.25, 0.3) is 0 Å². The van der Waals surface area contributed by atoms with Crippen LogP contribution >= 0.6 is 0 Å². The van der Waals surface area contributed by atoms with Gasteiger partial charge in [0.2, 0.25) is 0 Å². The van der Waals surface area contributed by atoms with Gasteiger partial charge in [-0.05, 0) is 20.3 Å². The smallest absolute Gasteiger partial charge is 0.339 e. The highest BCUT2D eigenvalue weighted by molar-refractivity contribution is 5.90. The molecule has 0 unspecified atom stereocenters. The molecule has 0 atom stereocenters. The van der Waals surface area contributed by atoms with Gasteiger partial charge in [0, 0.05) is 6.54 Å². The fourth-order valence-electron chi connectivity index (χ4n) is 1.91. The van der Waals surface area contributed by atoms with Gasteiger partial charge in [-0.2, -0.15) is 5.10 Å². The third-order valence-electron chi connectivity index (χ3n) is 2.82. The number of aromatic carboxylic acids is 1. The highest BCUT2D eigenvalue weighted by atomic mass is 16.4. The minimum atomic E-state index is -0.880. The van der Waals surface area contributed by atoms with Crippen molar-refractivity contribution in [2.24, 2.45) is 0 Å². The summed E-state index contributed by atoms with van der Waals surface area (Å²) in [7, 11) is 0. The average Bonchev–Trinajstić information content (AvgIpc) is 2.49. The van der Waals surface area contributed by atoms with Crippen molar-refractivity contribution in [3.8, 4) is 0 Å². The molecule has 0 fully saturated rings. The number of hydrogen-bond donors (Lipinski definition) is 1. The fraction of sp³-hybridized carbons (Fsp3) is 0.667. The first-order valence-corrected chi connectivity index (χ1v) is 5.85. The van der Waals surface area contributed by atoms with Gasteiger partial charge >= 0.3 is 5.97 Å². The van der Waals surface area contributed by atoms with Crippen LogP contribution in [0.15, 0.2) is 0 Å². The van der Waals surface area contributed by atoms with Crippen molar-refractivity contribution in [3.63, 3.8) is 0 Å². The lowest BCUT2D eigenvalue weighted by Gasteiger charge is -2.03. The first kappa shape index (κ1) is 12.7. The van der Waals surface area contributed by atoms with Gasteiger partial charge in [0.05, 0.1) is 11.4 Å². The number of carboxylic acids is 1. The van der Waals surface area contributed by atoms with Gasteiger partial charge in [0.15, 0.2) is 0 Å².